The van der Waals surface area contributed by atoms with Crippen LogP contribution in [0, 0.1) is 0 Å². The van der Waals surface area contributed by atoms with E-state index in [1.807, 2.05) is 0 Å². The summed E-state index contributed by atoms with van der Waals surface area (Å²) in [5, 5.41) is 3.54. The average molecular weight is 282 g/mol. The summed E-state index contributed by atoms with van der Waals surface area (Å²) in [6.07, 6.45) is 7.55. The van der Waals surface area contributed by atoms with Crippen LogP contribution in [0.3, 0.4) is 0 Å². The molecule has 116 valence electrons. The molecular formula is C16H30N2O2. The van der Waals surface area contributed by atoms with Crippen LogP contribution in [0.5, 0.6) is 0 Å². The van der Waals surface area contributed by atoms with Crippen molar-refractivity contribution in [2.75, 3.05) is 19.7 Å². The van der Waals surface area contributed by atoms with E-state index in [-0.39, 0.29) is 0 Å². The molecule has 2 fully saturated rings. The number of carbonyl (C=O) groups is 1. The van der Waals surface area contributed by atoms with E-state index in [0.717, 1.165) is 45.4 Å². The van der Waals surface area contributed by atoms with Crippen LogP contribution in [0.25, 0.3) is 0 Å². The Morgan fingerprint density at radius 3 is 2.80 bits per heavy atom. The number of piperazine rings is 1. The first-order chi connectivity index (χ1) is 9.74. The Kier molecular flexibility index (Phi) is 6.30. The third kappa shape index (κ3) is 4.19. The minimum absolute atomic E-state index is 0.317. The quantitative estimate of drug-likeness (QED) is 0.841. The smallest absolute Gasteiger partial charge is 0.223 e. The first kappa shape index (κ1) is 15.8. The van der Waals surface area contributed by atoms with Gasteiger partial charge in [-0.25, -0.2) is 0 Å². The molecular weight excluding hydrogens is 252 g/mol. The molecule has 0 aromatic rings. The summed E-state index contributed by atoms with van der Waals surface area (Å²) < 4.78 is 5.73. The maximum atomic E-state index is 12.5. The number of nitrogens with one attached hydrogen (secondary N) is 1. The Morgan fingerprint density at radius 1 is 1.30 bits per heavy atom. The molecule has 2 aliphatic heterocycles. The zero-order valence-corrected chi connectivity index (χ0v) is 13.1. The number of hydrogen-bond acceptors (Lipinski definition) is 3. The minimum Gasteiger partial charge on any atom is -0.378 e. The lowest BCUT2D eigenvalue weighted by Gasteiger charge is -2.40. The second-order valence-corrected chi connectivity index (χ2v) is 6.15. The van der Waals surface area contributed by atoms with Crippen LogP contribution in [0.15, 0.2) is 0 Å². The van der Waals surface area contributed by atoms with Crippen molar-refractivity contribution in [2.24, 2.45) is 0 Å². The Bertz CT molecular complexity index is 303. The number of rotatable bonds is 5. The highest BCUT2D eigenvalue weighted by Crippen LogP contribution is 2.19. The van der Waals surface area contributed by atoms with Gasteiger partial charge in [0, 0.05) is 38.2 Å². The lowest BCUT2D eigenvalue weighted by Crippen LogP contribution is -2.57. The minimum atomic E-state index is 0.317. The topological polar surface area (TPSA) is 41.6 Å². The Hall–Kier alpha value is -0.610. The van der Waals surface area contributed by atoms with Crippen LogP contribution in [0.4, 0.5) is 0 Å². The van der Waals surface area contributed by atoms with E-state index >= 15 is 0 Å². The van der Waals surface area contributed by atoms with Crippen molar-refractivity contribution in [1.29, 1.82) is 0 Å². The molecule has 4 nitrogen and oxygen atoms in total. The van der Waals surface area contributed by atoms with E-state index < -0.39 is 0 Å². The molecule has 0 radical (unpaired) electrons. The standard InChI is InChI=1S/C16H30N2O2/c1-3-13-12-18(14(4-2)11-17-13)16(19)9-8-15-7-5-6-10-20-15/h13-15,17H,3-12H2,1-2H3. The zero-order valence-electron chi connectivity index (χ0n) is 13.1. The van der Waals surface area contributed by atoms with Crippen molar-refractivity contribution >= 4 is 5.91 Å². The van der Waals surface area contributed by atoms with Gasteiger partial charge < -0.3 is 15.0 Å². The van der Waals surface area contributed by atoms with Gasteiger partial charge in [0.15, 0.2) is 0 Å². The molecule has 0 aliphatic carbocycles. The highest BCUT2D eigenvalue weighted by atomic mass is 16.5. The Labute approximate surface area is 123 Å². The molecule has 1 N–H and O–H groups in total. The average Bonchev–Trinajstić information content (AvgIpc) is 2.52. The van der Waals surface area contributed by atoms with Crippen molar-refractivity contribution in [1.82, 2.24) is 10.2 Å². The maximum absolute atomic E-state index is 12.5. The third-order valence-electron chi connectivity index (χ3n) is 4.74. The van der Waals surface area contributed by atoms with Crippen LogP contribution in [-0.2, 0) is 9.53 Å². The van der Waals surface area contributed by atoms with E-state index in [4.69, 9.17) is 4.74 Å². The molecule has 0 aromatic carbocycles. The van der Waals surface area contributed by atoms with E-state index in [9.17, 15) is 4.79 Å². The van der Waals surface area contributed by atoms with Crippen molar-refractivity contribution in [3.8, 4) is 0 Å². The first-order valence-corrected chi connectivity index (χ1v) is 8.39. The molecule has 0 bridgehead atoms. The molecule has 2 heterocycles. The molecule has 20 heavy (non-hydrogen) atoms. The van der Waals surface area contributed by atoms with Gasteiger partial charge in [-0.1, -0.05) is 13.8 Å². The maximum Gasteiger partial charge on any atom is 0.223 e. The van der Waals surface area contributed by atoms with Gasteiger partial charge in [0.1, 0.15) is 0 Å². The molecule has 0 saturated carbocycles. The van der Waals surface area contributed by atoms with E-state index in [0.29, 0.717) is 30.5 Å². The summed E-state index contributed by atoms with van der Waals surface area (Å²) >= 11 is 0. The summed E-state index contributed by atoms with van der Waals surface area (Å²) in [5.74, 6) is 0.325. The van der Waals surface area contributed by atoms with Crippen LogP contribution in [0.1, 0.15) is 58.8 Å². The first-order valence-electron chi connectivity index (χ1n) is 8.39. The van der Waals surface area contributed by atoms with E-state index in [1.165, 1.54) is 12.8 Å². The molecule has 3 atom stereocenters. The van der Waals surface area contributed by atoms with Gasteiger partial charge in [-0.2, -0.15) is 0 Å². The molecule has 2 saturated heterocycles. The number of nitrogens with zero attached hydrogens (tertiary/aromatic N) is 1. The van der Waals surface area contributed by atoms with Gasteiger partial charge >= 0.3 is 0 Å². The molecule has 4 heteroatoms. The normalized spacial score (nSPS) is 31.3. The number of carbonyl (C=O) groups excluding carboxylic acids is 1. The molecule has 2 aliphatic rings. The van der Waals surface area contributed by atoms with Gasteiger partial charge in [-0.3, -0.25) is 4.79 Å². The van der Waals surface area contributed by atoms with Crippen LogP contribution in [-0.4, -0.2) is 48.7 Å². The second kappa shape index (κ2) is 7.99. The van der Waals surface area contributed by atoms with E-state index in [2.05, 4.69) is 24.1 Å². The highest BCUT2D eigenvalue weighted by Gasteiger charge is 2.29. The molecule has 0 aromatic heterocycles. The largest absolute Gasteiger partial charge is 0.378 e. The molecule has 3 unspecified atom stereocenters. The lowest BCUT2D eigenvalue weighted by atomic mass is 10.0. The predicted molar refractivity (Wildman–Crippen MR) is 80.7 cm³/mol. The monoisotopic (exact) mass is 282 g/mol. The zero-order chi connectivity index (χ0) is 14.4. The van der Waals surface area contributed by atoms with Gasteiger partial charge in [-0.05, 0) is 38.5 Å². The number of hydrogen-bond donors (Lipinski definition) is 1. The fraction of sp³-hybridized carbons (Fsp3) is 0.938. The molecule has 1 amide bonds. The summed E-state index contributed by atoms with van der Waals surface area (Å²) in [5.41, 5.74) is 0. The number of amides is 1. The summed E-state index contributed by atoms with van der Waals surface area (Å²) in [7, 11) is 0. The Balaban J connectivity index is 1.81. The second-order valence-electron chi connectivity index (χ2n) is 6.15. The summed E-state index contributed by atoms with van der Waals surface area (Å²) in [6.45, 7) is 7.05. The van der Waals surface area contributed by atoms with Crippen LogP contribution >= 0.6 is 0 Å². The molecule has 0 spiro atoms. The van der Waals surface area contributed by atoms with Gasteiger partial charge in [-0.15, -0.1) is 0 Å². The van der Waals surface area contributed by atoms with Gasteiger partial charge in [0.05, 0.1) is 6.10 Å². The Morgan fingerprint density at radius 2 is 2.15 bits per heavy atom. The lowest BCUT2D eigenvalue weighted by molar-refractivity contribution is -0.136. The van der Waals surface area contributed by atoms with Crippen molar-refractivity contribution < 1.29 is 9.53 Å². The van der Waals surface area contributed by atoms with Gasteiger partial charge in [0.2, 0.25) is 5.91 Å². The summed E-state index contributed by atoms with van der Waals surface area (Å²) in [4.78, 5) is 14.6. The summed E-state index contributed by atoms with van der Waals surface area (Å²) in [6, 6.07) is 0.838. The van der Waals surface area contributed by atoms with Crippen molar-refractivity contribution in [3.05, 3.63) is 0 Å². The predicted octanol–water partition coefficient (Wildman–Crippen LogP) is 2.32. The van der Waals surface area contributed by atoms with Crippen molar-refractivity contribution in [3.63, 3.8) is 0 Å². The third-order valence-corrected chi connectivity index (χ3v) is 4.74. The SMILES string of the molecule is CCC1CN(C(=O)CCC2CCCCO2)C(CC)CN1. The molecule has 2 rings (SSSR count). The fourth-order valence-electron chi connectivity index (χ4n) is 3.27. The van der Waals surface area contributed by atoms with E-state index in [1.54, 1.807) is 0 Å². The number of ether oxygens (including phenoxy) is 1. The van der Waals surface area contributed by atoms with Crippen LogP contribution in [0.2, 0.25) is 0 Å². The fourth-order valence-corrected chi connectivity index (χ4v) is 3.27. The van der Waals surface area contributed by atoms with Gasteiger partial charge in [0.25, 0.3) is 0 Å². The highest BCUT2D eigenvalue weighted by molar-refractivity contribution is 5.76. The van der Waals surface area contributed by atoms with Crippen molar-refractivity contribution in [2.45, 2.75) is 77.0 Å². The van der Waals surface area contributed by atoms with Crippen LogP contribution < -0.4 is 5.32 Å².